The lowest BCUT2D eigenvalue weighted by molar-refractivity contribution is -0.184. The summed E-state index contributed by atoms with van der Waals surface area (Å²) in [6.07, 6.45) is -1.89. The monoisotopic (exact) mass is 291 g/mol. The summed E-state index contributed by atoms with van der Waals surface area (Å²) in [4.78, 5) is 0. The number of hydrogen-bond acceptors (Lipinski definition) is 1. The van der Waals surface area contributed by atoms with Crippen LogP contribution in [0.5, 0.6) is 0 Å². The minimum absolute atomic E-state index is 0.209. The second kappa shape index (κ2) is 5.61. The Labute approximate surface area is 116 Å². The van der Waals surface area contributed by atoms with Crippen LogP contribution in [-0.4, -0.2) is 12.2 Å². The number of rotatable bonds is 2. The molecule has 106 valence electrons. The maximum absolute atomic E-state index is 13.0. The lowest BCUT2D eigenvalue weighted by Crippen LogP contribution is -2.41. The van der Waals surface area contributed by atoms with E-state index in [1.54, 1.807) is 18.2 Å². The molecule has 1 aromatic rings. The first kappa shape index (κ1) is 14.5. The van der Waals surface area contributed by atoms with Crippen LogP contribution in [0.1, 0.15) is 31.2 Å². The van der Waals surface area contributed by atoms with E-state index in [1.165, 1.54) is 0 Å². The normalized spacial score (nSPS) is 24.3. The molecule has 0 aromatic heterocycles. The van der Waals surface area contributed by atoms with Crippen LogP contribution >= 0.6 is 11.6 Å². The fraction of sp³-hybridized carbons (Fsp3) is 0.571. The lowest BCUT2D eigenvalue weighted by atomic mass is 9.83. The van der Waals surface area contributed by atoms with Gasteiger partial charge in [0.15, 0.2) is 0 Å². The fourth-order valence-electron chi connectivity index (χ4n) is 2.66. The Hall–Kier alpha value is -0.900. The molecule has 2 atom stereocenters. The third-order valence-corrected chi connectivity index (χ3v) is 4.20. The van der Waals surface area contributed by atoms with E-state index >= 15 is 0 Å². The average Bonchev–Trinajstić information content (AvgIpc) is 2.34. The highest BCUT2D eigenvalue weighted by Crippen LogP contribution is 2.39. The van der Waals surface area contributed by atoms with Crippen molar-refractivity contribution in [3.8, 4) is 0 Å². The minimum atomic E-state index is -4.13. The van der Waals surface area contributed by atoms with Crippen LogP contribution < -0.4 is 5.32 Å². The van der Waals surface area contributed by atoms with E-state index in [2.05, 4.69) is 5.32 Å². The summed E-state index contributed by atoms with van der Waals surface area (Å²) >= 11 is 6.00. The Kier molecular flexibility index (Phi) is 4.29. The van der Waals surface area contributed by atoms with Crippen LogP contribution in [0.3, 0.4) is 0 Å². The van der Waals surface area contributed by atoms with Crippen molar-refractivity contribution in [1.29, 1.82) is 0 Å². The molecule has 0 aliphatic heterocycles. The molecule has 0 spiro atoms. The van der Waals surface area contributed by atoms with Gasteiger partial charge in [0.2, 0.25) is 0 Å². The van der Waals surface area contributed by atoms with Gasteiger partial charge in [0.25, 0.3) is 0 Å². The zero-order valence-electron chi connectivity index (χ0n) is 10.7. The smallest absolute Gasteiger partial charge is 0.381 e. The van der Waals surface area contributed by atoms with Gasteiger partial charge in [0, 0.05) is 16.8 Å². The van der Waals surface area contributed by atoms with Crippen molar-refractivity contribution in [3.63, 3.8) is 0 Å². The highest BCUT2D eigenvalue weighted by atomic mass is 35.5. The Morgan fingerprint density at radius 1 is 1.21 bits per heavy atom. The molecule has 5 heteroatoms. The predicted octanol–water partition coefficient (Wildman–Crippen LogP) is 5.18. The van der Waals surface area contributed by atoms with Gasteiger partial charge in [-0.1, -0.05) is 30.5 Å². The predicted molar refractivity (Wildman–Crippen MR) is 71.6 cm³/mol. The first-order valence-corrected chi connectivity index (χ1v) is 6.86. The van der Waals surface area contributed by atoms with Crippen molar-refractivity contribution >= 4 is 17.3 Å². The Balaban J connectivity index is 2.18. The molecule has 0 saturated heterocycles. The van der Waals surface area contributed by atoms with Crippen molar-refractivity contribution < 1.29 is 13.2 Å². The molecule has 1 aromatic carbocycles. The molecule has 1 N–H and O–H groups in total. The molecule has 0 heterocycles. The van der Waals surface area contributed by atoms with Gasteiger partial charge in [-0.05, 0) is 37.5 Å². The summed E-state index contributed by atoms with van der Waals surface area (Å²) in [5.41, 5.74) is 1.50. The van der Waals surface area contributed by atoms with Crippen molar-refractivity contribution in [3.05, 3.63) is 28.8 Å². The van der Waals surface area contributed by atoms with Crippen molar-refractivity contribution in [2.75, 3.05) is 5.32 Å². The summed E-state index contributed by atoms with van der Waals surface area (Å²) in [6.45, 7) is 1.82. The van der Waals surface area contributed by atoms with Crippen LogP contribution in [0.25, 0.3) is 0 Å². The molecule has 0 radical (unpaired) electrons. The highest BCUT2D eigenvalue weighted by molar-refractivity contribution is 6.31. The summed E-state index contributed by atoms with van der Waals surface area (Å²) < 4.78 is 39.0. The van der Waals surface area contributed by atoms with Gasteiger partial charge in [-0.2, -0.15) is 13.2 Å². The SMILES string of the molecule is Cc1c(Cl)cccc1NC1CCCCC1C(F)(F)F. The lowest BCUT2D eigenvalue weighted by Gasteiger charge is -2.34. The standard InChI is InChI=1S/C14H17ClF3N/c1-9-11(15)6-4-8-12(9)19-13-7-3-2-5-10(13)14(16,17)18/h4,6,8,10,13,19H,2-3,5,7H2,1H3. The van der Waals surface area contributed by atoms with E-state index in [9.17, 15) is 13.2 Å². The summed E-state index contributed by atoms with van der Waals surface area (Å²) in [7, 11) is 0. The number of alkyl halides is 3. The van der Waals surface area contributed by atoms with Gasteiger partial charge >= 0.3 is 6.18 Å². The van der Waals surface area contributed by atoms with Crippen LogP contribution in [0, 0.1) is 12.8 Å². The van der Waals surface area contributed by atoms with Gasteiger partial charge in [-0.25, -0.2) is 0 Å². The van der Waals surface area contributed by atoms with Gasteiger partial charge in [0.1, 0.15) is 0 Å². The second-order valence-electron chi connectivity index (χ2n) is 5.10. The second-order valence-corrected chi connectivity index (χ2v) is 5.50. The maximum Gasteiger partial charge on any atom is 0.393 e. The Morgan fingerprint density at radius 3 is 2.58 bits per heavy atom. The number of benzene rings is 1. The largest absolute Gasteiger partial charge is 0.393 e. The van der Waals surface area contributed by atoms with Crippen molar-refractivity contribution in [1.82, 2.24) is 0 Å². The molecule has 1 fully saturated rings. The number of nitrogens with one attached hydrogen (secondary N) is 1. The third-order valence-electron chi connectivity index (χ3n) is 3.79. The van der Waals surface area contributed by atoms with E-state index in [0.717, 1.165) is 12.0 Å². The zero-order valence-corrected chi connectivity index (χ0v) is 11.5. The number of halogens is 4. The van der Waals surface area contributed by atoms with Gasteiger partial charge in [0.05, 0.1) is 5.92 Å². The topological polar surface area (TPSA) is 12.0 Å². The van der Waals surface area contributed by atoms with E-state index in [-0.39, 0.29) is 6.42 Å². The molecule has 19 heavy (non-hydrogen) atoms. The summed E-state index contributed by atoms with van der Waals surface area (Å²) in [6, 6.07) is 4.72. The molecule has 1 saturated carbocycles. The third kappa shape index (κ3) is 3.35. The Bertz CT molecular complexity index is 445. The van der Waals surface area contributed by atoms with Crippen LogP contribution in [0.2, 0.25) is 5.02 Å². The average molecular weight is 292 g/mol. The summed E-state index contributed by atoms with van der Waals surface area (Å²) in [5, 5.41) is 3.62. The van der Waals surface area contributed by atoms with Crippen LogP contribution in [0.15, 0.2) is 18.2 Å². The summed E-state index contributed by atoms with van der Waals surface area (Å²) in [5.74, 6) is -1.26. The van der Waals surface area contributed by atoms with Crippen molar-refractivity contribution in [2.45, 2.75) is 44.8 Å². The maximum atomic E-state index is 13.0. The number of hydrogen-bond donors (Lipinski definition) is 1. The first-order chi connectivity index (χ1) is 8.89. The van der Waals surface area contributed by atoms with E-state index in [0.29, 0.717) is 23.6 Å². The Morgan fingerprint density at radius 2 is 1.89 bits per heavy atom. The molecule has 1 nitrogen and oxygen atoms in total. The molecular formula is C14H17ClF3N. The van der Waals surface area contributed by atoms with E-state index < -0.39 is 18.1 Å². The molecule has 1 aliphatic rings. The molecule has 1 aliphatic carbocycles. The van der Waals surface area contributed by atoms with Gasteiger partial charge < -0.3 is 5.32 Å². The number of anilines is 1. The molecule has 0 amide bonds. The van der Waals surface area contributed by atoms with Crippen LogP contribution in [0.4, 0.5) is 18.9 Å². The zero-order chi connectivity index (χ0) is 14.0. The van der Waals surface area contributed by atoms with Crippen LogP contribution in [-0.2, 0) is 0 Å². The van der Waals surface area contributed by atoms with Gasteiger partial charge in [-0.3, -0.25) is 0 Å². The molecule has 2 unspecified atom stereocenters. The van der Waals surface area contributed by atoms with E-state index in [4.69, 9.17) is 11.6 Å². The highest BCUT2D eigenvalue weighted by Gasteiger charge is 2.45. The van der Waals surface area contributed by atoms with Crippen molar-refractivity contribution in [2.24, 2.45) is 5.92 Å². The minimum Gasteiger partial charge on any atom is -0.381 e. The first-order valence-electron chi connectivity index (χ1n) is 6.48. The van der Waals surface area contributed by atoms with E-state index in [1.807, 2.05) is 6.92 Å². The molecule has 0 bridgehead atoms. The molecular weight excluding hydrogens is 275 g/mol. The quantitative estimate of drug-likeness (QED) is 0.791. The fourth-order valence-corrected chi connectivity index (χ4v) is 2.83. The molecule has 2 rings (SSSR count). The van der Waals surface area contributed by atoms with Gasteiger partial charge in [-0.15, -0.1) is 0 Å².